The summed E-state index contributed by atoms with van der Waals surface area (Å²) in [6, 6.07) is -0.140. The molecule has 0 bridgehead atoms. The highest BCUT2D eigenvalue weighted by molar-refractivity contribution is 5.67. The predicted octanol–water partition coefficient (Wildman–Crippen LogP) is 0.931. The predicted molar refractivity (Wildman–Crippen MR) is 46.5 cm³/mol. The normalized spacial score (nSPS) is 12.8. The molecule has 1 atom stereocenters. The van der Waals surface area contributed by atoms with Crippen LogP contribution in [-0.2, 0) is 4.79 Å². The second-order valence-electron chi connectivity index (χ2n) is 3.10. The highest BCUT2D eigenvalue weighted by Crippen LogP contribution is 2.11. The number of carboxylic acids is 1. The van der Waals surface area contributed by atoms with Crippen LogP contribution in [0.25, 0.3) is 0 Å². The third kappa shape index (κ3) is 2.27. The smallest absolute Gasteiger partial charge is 0.305 e. The number of aromatic nitrogens is 3. The van der Waals surface area contributed by atoms with Crippen LogP contribution in [0.15, 0.2) is 0 Å². The average molecular weight is 183 g/mol. The Balaban J connectivity index is 2.81. The molecule has 0 aromatic carbocycles. The van der Waals surface area contributed by atoms with Crippen molar-refractivity contribution in [2.45, 2.75) is 33.2 Å². The van der Waals surface area contributed by atoms with E-state index in [-0.39, 0.29) is 12.5 Å². The minimum Gasteiger partial charge on any atom is -0.481 e. The first-order chi connectivity index (χ1) is 6.00. The summed E-state index contributed by atoms with van der Waals surface area (Å²) in [4.78, 5) is 14.5. The summed E-state index contributed by atoms with van der Waals surface area (Å²) in [5.74, 6) is 0.612. The molecule has 13 heavy (non-hydrogen) atoms. The summed E-state index contributed by atoms with van der Waals surface area (Å²) in [6.07, 6.45) is 0.0731. The second kappa shape index (κ2) is 3.55. The second-order valence-corrected chi connectivity index (χ2v) is 3.10. The number of carbonyl (C=O) groups is 1. The van der Waals surface area contributed by atoms with Crippen LogP contribution in [0, 0.1) is 13.8 Å². The Kier molecular flexibility index (Phi) is 2.65. The van der Waals surface area contributed by atoms with E-state index in [0.29, 0.717) is 5.82 Å². The molecule has 0 aliphatic heterocycles. The third-order valence-corrected chi connectivity index (χ3v) is 1.80. The summed E-state index contributed by atoms with van der Waals surface area (Å²) < 4.78 is 1.64. The van der Waals surface area contributed by atoms with Gasteiger partial charge < -0.3 is 5.11 Å². The van der Waals surface area contributed by atoms with E-state index in [1.807, 2.05) is 13.8 Å². The van der Waals surface area contributed by atoms with Crippen molar-refractivity contribution in [2.75, 3.05) is 0 Å². The van der Waals surface area contributed by atoms with Gasteiger partial charge in [-0.1, -0.05) is 0 Å². The SMILES string of the molecule is Cc1nc(C)n([C@@H](C)CC(=O)O)n1. The van der Waals surface area contributed by atoms with E-state index in [4.69, 9.17) is 5.11 Å². The Morgan fingerprint density at radius 2 is 2.23 bits per heavy atom. The summed E-state index contributed by atoms with van der Waals surface area (Å²) in [7, 11) is 0. The van der Waals surface area contributed by atoms with Gasteiger partial charge in [0.1, 0.15) is 11.6 Å². The number of hydrogen-bond acceptors (Lipinski definition) is 3. The van der Waals surface area contributed by atoms with Gasteiger partial charge in [-0.05, 0) is 20.8 Å². The molecule has 0 amide bonds. The maximum Gasteiger partial charge on any atom is 0.305 e. The van der Waals surface area contributed by atoms with Crippen LogP contribution in [0.4, 0.5) is 0 Å². The van der Waals surface area contributed by atoms with Gasteiger partial charge in [0.25, 0.3) is 0 Å². The first-order valence-corrected chi connectivity index (χ1v) is 4.12. The lowest BCUT2D eigenvalue weighted by Crippen LogP contribution is -2.13. The number of nitrogens with zero attached hydrogens (tertiary/aromatic N) is 3. The van der Waals surface area contributed by atoms with Gasteiger partial charge in [-0.2, -0.15) is 5.10 Å². The van der Waals surface area contributed by atoms with Crippen LogP contribution in [0.2, 0.25) is 0 Å². The van der Waals surface area contributed by atoms with Gasteiger partial charge in [0, 0.05) is 0 Å². The Morgan fingerprint density at radius 3 is 2.62 bits per heavy atom. The third-order valence-electron chi connectivity index (χ3n) is 1.80. The van der Waals surface area contributed by atoms with Crippen molar-refractivity contribution in [2.24, 2.45) is 0 Å². The Morgan fingerprint density at radius 1 is 1.62 bits per heavy atom. The van der Waals surface area contributed by atoms with Crippen LogP contribution in [0.5, 0.6) is 0 Å². The van der Waals surface area contributed by atoms with Crippen LogP contribution < -0.4 is 0 Å². The fraction of sp³-hybridized carbons (Fsp3) is 0.625. The summed E-state index contributed by atoms with van der Waals surface area (Å²) >= 11 is 0. The molecular formula is C8H13N3O2. The van der Waals surface area contributed by atoms with Gasteiger partial charge in [0.05, 0.1) is 12.5 Å². The zero-order valence-electron chi connectivity index (χ0n) is 7.98. The molecule has 0 spiro atoms. The molecule has 0 aliphatic rings. The number of aliphatic carboxylic acids is 1. The molecule has 0 radical (unpaired) electrons. The molecular weight excluding hydrogens is 170 g/mol. The summed E-state index contributed by atoms with van der Waals surface area (Å²) in [5.41, 5.74) is 0. The van der Waals surface area contributed by atoms with Gasteiger partial charge in [-0.15, -0.1) is 0 Å². The van der Waals surface area contributed by atoms with Gasteiger partial charge in [-0.3, -0.25) is 4.79 Å². The van der Waals surface area contributed by atoms with Gasteiger partial charge in [0.2, 0.25) is 0 Å². The molecule has 0 unspecified atom stereocenters. The Bertz CT molecular complexity index is 319. The lowest BCUT2D eigenvalue weighted by molar-refractivity contribution is -0.137. The van der Waals surface area contributed by atoms with Crippen LogP contribution in [-0.4, -0.2) is 25.8 Å². The zero-order chi connectivity index (χ0) is 10.0. The average Bonchev–Trinajstić information content (AvgIpc) is 2.28. The molecule has 5 heteroatoms. The van der Waals surface area contributed by atoms with Crippen molar-refractivity contribution in [3.05, 3.63) is 11.6 Å². The number of rotatable bonds is 3. The van der Waals surface area contributed by atoms with Crippen LogP contribution in [0.1, 0.15) is 31.0 Å². The van der Waals surface area contributed by atoms with E-state index >= 15 is 0 Å². The van der Waals surface area contributed by atoms with Crippen molar-refractivity contribution in [1.29, 1.82) is 0 Å². The van der Waals surface area contributed by atoms with Crippen molar-refractivity contribution in [3.63, 3.8) is 0 Å². The van der Waals surface area contributed by atoms with E-state index in [1.165, 1.54) is 0 Å². The Labute approximate surface area is 76.4 Å². The molecule has 0 aliphatic carbocycles. The standard InChI is InChI=1S/C8H13N3O2/c1-5(4-8(12)13)11-7(3)9-6(2)10-11/h5H,4H2,1-3H3,(H,12,13)/t5-/m0/s1. The molecule has 1 aromatic rings. The van der Waals surface area contributed by atoms with Crippen molar-refractivity contribution in [1.82, 2.24) is 14.8 Å². The van der Waals surface area contributed by atoms with Crippen molar-refractivity contribution < 1.29 is 9.90 Å². The first kappa shape index (κ1) is 9.70. The molecule has 1 rings (SSSR count). The van der Waals surface area contributed by atoms with Crippen molar-refractivity contribution >= 4 is 5.97 Å². The lowest BCUT2D eigenvalue weighted by Gasteiger charge is -2.09. The molecule has 1 N–H and O–H groups in total. The van der Waals surface area contributed by atoms with Gasteiger partial charge in [0.15, 0.2) is 0 Å². The van der Waals surface area contributed by atoms with Crippen LogP contribution >= 0.6 is 0 Å². The molecule has 0 fully saturated rings. The molecule has 0 saturated heterocycles. The van der Waals surface area contributed by atoms with E-state index in [0.717, 1.165) is 5.82 Å². The van der Waals surface area contributed by atoms with Crippen molar-refractivity contribution in [3.8, 4) is 0 Å². The minimum absolute atomic E-state index is 0.0731. The fourth-order valence-electron chi connectivity index (χ4n) is 1.29. The molecule has 72 valence electrons. The maximum atomic E-state index is 10.4. The Hall–Kier alpha value is -1.39. The maximum absolute atomic E-state index is 10.4. The monoisotopic (exact) mass is 183 g/mol. The largest absolute Gasteiger partial charge is 0.481 e. The zero-order valence-corrected chi connectivity index (χ0v) is 7.98. The number of hydrogen-bond donors (Lipinski definition) is 1. The van der Waals surface area contributed by atoms with E-state index in [2.05, 4.69) is 10.1 Å². The van der Waals surface area contributed by atoms with E-state index < -0.39 is 5.97 Å². The first-order valence-electron chi connectivity index (χ1n) is 4.12. The minimum atomic E-state index is -0.819. The highest BCUT2D eigenvalue weighted by Gasteiger charge is 2.13. The number of carboxylic acid groups (broad SMARTS) is 1. The molecule has 1 heterocycles. The highest BCUT2D eigenvalue weighted by atomic mass is 16.4. The quantitative estimate of drug-likeness (QED) is 0.756. The topological polar surface area (TPSA) is 68.0 Å². The molecule has 5 nitrogen and oxygen atoms in total. The van der Waals surface area contributed by atoms with E-state index in [1.54, 1.807) is 11.6 Å². The fourth-order valence-corrected chi connectivity index (χ4v) is 1.29. The van der Waals surface area contributed by atoms with Gasteiger partial charge in [-0.25, -0.2) is 9.67 Å². The molecule has 1 aromatic heterocycles. The van der Waals surface area contributed by atoms with Gasteiger partial charge >= 0.3 is 5.97 Å². The summed E-state index contributed by atoms with van der Waals surface area (Å²) in [5, 5.41) is 12.7. The molecule has 0 saturated carbocycles. The lowest BCUT2D eigenvalue weighted by atomic mass is 10.2. The van der Waals surface area contributed by atoms with E-state index in [9.17, 15) is 4.79 Å². The number of aryl methyl sites for hydroxylation is 2. The summed E-state index contributed by atoms with van der Waals surface area (Å²) in [6.45, 7) is 5.42. The van der Waals surface area contributed by atoms with Crippen LogP contribution in [0.3, 0.4) is 0 Å².